The fourth-order valence-corrected chi connectivity index (χ4v) is 6.45. The van der Waals surface area contributed by atoms with Crippen LogP contribution in [0.15, 0.2) is 17.5 Å². The van der Waals surface area contributed by atoms with Crippen LogP contribution < -0.4 is 0 Å². The molecule has 1 aliphatic carbocycles. The van der Waals surface area contributed by atoms with E-state index in [4.69, 9.17) is 0 Å². The van der Waals surface area contributed by atoms with Crippen LogP contribution in [-0.2, 0) is 21.1 Å². The zero-order chi connectivity index (χ0) is 17.9. The highest BCUT2D eigenvalue weighted by Gasteiger charge is 2.42. The van der Waals surface area contributed by atoms with Crippen LogP contribution in [0.2, 0.25) is 0 Å². The normalized spacial score (nSPS) is 24.7. The maximum absolute atomic E-state index is 13.5. The third-order valence-corrected chi connectivity index (χ3v) is 8.48. The Bertz CT molecular complexity index is 676. The molecule has 2 aliphatic rings. The topological polar surface area (TPSA) is 54.5 Å². The smallest absolute Gasteiger partial charge is 0.229 e. The van der Waals surface area contributed by atoms with Gasteiger partial charge in [-0.1, -0.05) is 25.3 Å². The van der Waals surface area contributed by atoms with Crippen molar-refractivity contribution in [1.82, 2.24) is 4.90 Å². The molecule has 1 atom stereocenters. The maximum atomic E-state index is 13.5. The number of likely N-dealkylation sites (tertiary alicyclic amines) is 1. The molecule has 0 bridgehead atoms. The Hall–Kier alpha value is -0.880. The average Bonchev–Trinajstić information content (AvgIpc) is 2.94. The second kappa shape index (κ2) is 7.78. The number of rotatable bonds is 4. The standard InChI is InChI=1S/C19H29NO3S2/c1-25(22,23)17-8-5-12-20(13-9-17)18(21)19(10-3-2-4-11-19)15-16-7-6-14-24-16/h6-7,14,17H,2-5,8-13,15H2,1H3. The van der Waals surface area contributed by atoms with Crippen molar-refractivity contribution < 1.29 is 13.2 Å². The number of carbonyl (C=O) groups is 1. The molecule has 4 nitrogen and oxygen atoms in total. The highest BCUT2D eigenvalue weighted by Crippen LogP contribution is 2.42. The van der Waals surface area contributed by atoms with Gasteiger partial charge < -0.3 is 4.90 Å². The van der Waals surface area contributed by atoms with E-state index in [2.05, 4.69) is 17.5 Å². The highest BCUT2D eigenvalue weighted by molar-refractivity contribution is 7.91. The largest absolute Gasteiger partial charge is 0.342 e. The zero-order valence-corrected chi connectivity index (χ0v) is 16.7. The Labute approximate surface area is 155 Å². The molecule has 140 valence electrons. The number of amides is 1. The van der Waals surface area contributed by atoms with Gasteiger partial charge in [0.2, 0.25) is 5.91 Å². The second-order valence-corrected chi connectivity index (χ2v) is 11.1. The van der Waals surface area contributed by atoms with E-state index in [9.17, 15) is 13.2 Å². The lowest BCUT2D eigenvalue weighted by Crippen LogP contribution is -2.46. The number of hydrogen-bond donors (Lipinski definition) is 0. The van der Waals surface area contributed by atoms with Crippen LogP contribution >= 0.6 is 11.3 Å². The fraction of sp³-hybridized carbons (Fsp3) is 0.737. The van der Waals surface area contributed by atoms with E-state index >= 15 is 0 Å². The van der Waals surface area contributed by atoms with Gasteiger partial charge in [-0.15, -0.1) is 11.3 Å². The molecule has 0 N–H and O–H groups in total. The molecule has 1 saturated heterocycles. The number of hydrogen-bond acceptors (Lipinski definition) is 4. The minimum absolute atomic E-state index is 0.270. The molecule has 1 saturated carbocycles. The van der Waals surface area contributed by atoms with Gasteiger partial charge in [0.25, 0.3) is 0 Å². The summed E-state index contributed by atoms with van der Waals surface area (Å²) in [5, 5.41) is 1.80. The van der Waals surface area contributed by atoms with Crippen LogP contribution in [0.1, 0.15) is 56.2 Å². The van der Waals surface area contributed by atoms with Crippen molar-refractivity contribution in [3.63, 3.8) is 0 Å². The third kappa shape index (κ3) is 4.45. The van der Waals surface area contributed by atoms with Crippen LogP contribution in [-0.4, -0.2) is 43.8 Å². The first-order valence-electron chi connectivity index (χ1n) is 9.41. The predicted molar refractivity (Wildman–Crippen MR) is 103 cm³/mol. The minimum atomic E-state index is -3.02. The molecule has 2 heterocycles. The van der Waals surface area contributed by atoms with E-state index in [1.165, 1.54) is 17.6 Å². The molecule has 6 heteroatoms. The summed E-state index contributed by atoms with van der Waals surface area (Å²) in [6, 6.07) is 4.19. The second-order valence-electron chi connectivity index (χ2n) is 7.77. The predicted octanol–water partition coefficient (Wildman–Crippen LogP) is 3.67. The third-order valence-electron chi connectivity index (χ3n) is 5.92. The summed E-state index contributed by atoms with van der Waals surface area (Å²) in [6.45, 7) is 1.29. The van der Waals surface area contributed by atoms with Crippen molar-refractivity contribution in [3.8, 4) is 0 Å². The molecule has 1 amide bonds. The van der Waals surface area contributed by atoms with Crippen molar-refractivity contribution >= 4 is 27.1 Å². The molecular weight excluding hydrogens is 354 g/mol. The van der Waals surface area contributed by atoms with Gasteiger partial charge in [-0.2, -0.15) is 0 Å². The highest BCUT2D eigenvalue weighted by atomic mass is 32.2. The van der Waals surface area contributed by atoms with Crippen LogP contribution in [0.3, 0.4) is 0 Å². The summed E-state index contributed by atoms with van der Waals surface area (Å²) in [6.07, 6.45) is 9.62. The van der Waals surface area contributed by atoms with Gasteiger partial charge in [0.05, 0.1) is 10.7 Å². The molecule has 1 aliphatic heterocycles. The quantitative estimate of drug-likeness (QED) is 0.797. The van der Waals surface area contributed by atoms with Gasteiger partial charge in [0.1, 0.15) is 9.84 Å². The van der Waals surface area contributed by atoms with Gasteiger partial charge in [-0.05, 0) is 50.0 Å². The van der Waals surface area contributed by atoms with Crippen LogP contribution in [0, 0.1) is 5.41 Å². The molecule has 1 aromatic rings. The number of thiophene rings is 1. The molecule has 2 fully saturated rings. The van der Waals surface area contributed by atoms with Gasteiger partial charge >= 0.3 is 0 Å². The van der Waals surface area contributed by atoms with Crippen molar-refractivity contribution in [2.24, 2.45) is 5.41 Å². The van der Waals surface area contributed by atoms with E-state index in [-0.39, 0.29) is 16.6 Å². The summed E-state index contributed by atoms with van der Waals surface area (Å²) in [5.41, 5.74) is -0.270. The Morgan fingerprint density at radius 2 is 1.96 bits per heavy atom. The molecule has 3 rings (SSSR count). The Morgan fingerprint density at radius 1 is 1.20 bits per heavy atom. The van der Waals surface area contributed by atoms with Crippen molar-refractivity contribution in [3.05, 3.63) is 22.4 Å². The molecule has 25 heavy (non-hydrogen) atoms. The van der Waals surface area contributed by atoms with Gasteiger partial charge in [-0.25, -0.2) is 8.42 Å². The summed E-state index contributed by atoms with van der Waals surface area (Å²) in [4.78, 5) is 16.8. The monoisotopic (exact) mass is 383 g/mol. The van der Waals surface area contributed by atoms with Crippen LogP contribution in [0.5, 0.6) is 0 Å². The molecule has 0 aromatic carbocycles. The van der Waals surface area contributed by atoms with Crippen molar-refractivity contribution in [2.45, 2.75) is 63.0 Å². The first-order valence-corrected chi connectivity index (χ1v) is 12.2. The van der Waals surface area contributed by atoms with E-state index in [1.807, 2.05) is 4.90 Å². The Morgan fingerprint density at radius 3 is 2.60 bits per heavy atom. The number of nitrogens with zero attached hydrogens (tertiary/aromatic N) is 1. The first-order chi connectivity index (χ1) is 11.9. The lowest BCUT2D eigenvalue weighted by molar-refractivity contribution is -0.144. The van der Waals surface area contributed by atoms with E-state index in [0.717, 1.165) is 38.5 Å². The van der Waals surface area contributed by atoms with Gasteiger partial charge in [-0.3, -0.25) is 4.79 Å². The average molecular weight is 384 g/mol. The summed E-state index contributed by atoms with van der Waals surface area (Å²) >= 11 is 1.74. The SMILES string of the molecule is CS(=O)(=O)C1CCCN(C(=O)C2(Cc3cccs3)CCCCC2)CC1. The van der Waals surface area contributed by atoms with E-state index < -0.39 is 9.84 Å². The Kier molecular flexibility index (Phi) is 5.88. The molecular formula is C19H29NO3S2. The summed E-state index contributed by atoms with van der Waals surface area (Å²) in [7, 11) is -3.02. The van der Waals surface area contributed by atoms with Crippen molar-refractivity contribution in [1.29, 1.82) is 0 Å². The lowest BCUT2D eigenvalue weighted by atomic mass is 9.70. The van der Waals surface area contributed by atoms with E-state index in [1.54, 1.807) is 11.3 Å². The minimum Gasteiger partial charge on any atom is -0.342 e. The van der Waals surface area contributed by atoms with E-state index in [0.29, 0.717) is 25.9 Å². The zero-order valence-electron chi connectivity index (χ0n) is 15.1. The van der Waals surface area contributed by atoms with Crippen LogP contribution in [0.25, 0.3) is 0 Å². The van der Waals surface area contributed by atoms with Gasteiger partial charge in [0, 0.05) is 24.2 Å². The van der Waals surface area contributed by atoms with Crippen molar-refractivity contribution in [2.75, 3.05) is 19.3 Å². The number of sulfone groups is 1. The fourth-order valence-electron chi connectivity index (χ4n) is 4.47. The molecule has 0 radical (unpaired) electrons. The van der Waals surface area contributed by atoms with Crippen LogP contribution in [0.4, 0.5) is 0 Å². The lowest BCUT2D eigenvalue weighted by Gasteiger charge is -2.39. The first kappa shape index (κ1) is 18.9. The summed E-state index contributed by atoms with van der Waals surface area (Å²) in [5.74, 6) is 0.273. The number of carbonyl (C=O) groups excluding carboxylic acids is 1. The maximum Gasteiger partial charge on any atom is 0.229 e. The Balaban J connectivity index is 1.75. The van der Waals surface area contributed by atoms with Gasteiger partial charge in [0.15, 0.2) is 0 Å². The molecule has 1 aromatic heterocycles. The molecule has 1 unspecified atom stereocenters. The molecule has 0 spiro atoms. The summed E-state index contributed by atoms with van der Waals surface area (Å²) < 4.78 is 23.8.